The van der Waals surface area contributed by atoms with E-state index in [-0.39, 0.29) is 5.69 Å². The first-order chi connectivity index (χ1) is 14.8. The minimum absolute atomic E-state index is 0.0908. The maximum Gasteiger partial charge on any atom is 0.471 e. The van der Waals surface area contributed by atoms with E-state index in [1.807, 2.05) is 4.90 Å². The van der Waals surface area contributed by atoms with E-state index >= 15 is 0 Å². The molecule has 0 bridgehead atoms. The van der Waals surface area contributed by atoms with Crippen LogP contribution in [0.3, 0.4) is 0 Å². The van der Waals surface area contributed by atoms with Crippen molar-refractivity contribution < 1.29 is 23.1 Å². The number of carbonyl (C=O) groups excluding carboxylic acids is 1. The number of hydrogen-bond donors (Lipinski definition) is 3. The maximum atomic E-state index is 13.0. The number of aliphatic hydroxyl groups excluding tert-OH is 1. The molecule has 4 rings (SSSR count). The number of rotatable bonds is 3. The van der Waals surface area contributed by atoms with Crippen LogP contribution in [0.2, 0.25) is 0 Å². The number of benzene rings is 2. The smallest absolute Gasteiger partial charge is 0.370 e. The Labute approximate surface area is 177 Å². The van der Waals surface area contributed by atoms with Crippen LogP contribution < -0.4 is 15.6 Å². The highest BCUT2D eigenvalue weighted by Crippen LogP contribution is 2.33. The third-order valence-electron chi connectivity index (χ3n) is 5.53. The van der Waals surface area contributed by atoms with Gasteiger partial charge in [0.1, 0.15) is 0 Å². The molecule has 1 amide bonds. The van der Waals surface area contributed by atoms with Gasteiger partial charge in [-0.3, -0.25) is 10.2 Å². The zero-order valence-corrected chi connectivity index (χ0v) is 16.7. The Kier molecular flexibility index (Phi) is 5.86. The van der Waals surface area contributed by atoms with Gasteiger partial charge in [0, 0.05) is 29.8 Å². The Morgan fingerprint density at radius 1 is 1.10 bits per heavy atom. The molecule has 1 saturated heterocycles. The van der Waals surface area contributed by atoms with Gasteiger partial charge in [-0.1, -0.05) is 43.2 Å². The fourth-order valence-corrected chi connectivity index (χ4v) is 3.99. The molecule has 1 unspecified atom stereocenters. The molecule has 0 radical (unpaired) electrons. The molecule has 0 saturated carbocycles. The van der Waals surface area contributed by atoms with Crippen LogP contribution in [0.15, 0.2) is 47.6 Å². The van der Waals surface area contributed by atoms with Crippen LogP contribution in [-0.4, -0.2) is 36.0 Å². The van der Waals surface area contributed by atoms with Crippen molar-refractivity contribution in [3.05, 3.63) is 59.2 Å². The normalized spacial score (nSPS) is 19.0. The lowest BCUT2D eigenvalue weighted by Gasteiger charge is -2.27. The van der Waals surface area contributed by atoms with Gasteiger partial charge in [0.05, 0.1) is 17.1 Å². The van der Waals surface area contributed by atoms with Gasteiger partial charge in [-0.25, -0.2) is 0 Å². The van der Waals surface area contributed by atoms with E-state index in [9.17, 15) is 23.1 Å². The number of nitrogens with one attached hydrogen (secondary N) is 2. The van der Waals surface area contributed by atoms with E-state index in [2.05, 4.69) is 15.8 Å². The van der Waals surface area contributed by atoms with E-state index in [0.29, 0.717) is 41.2 Å². The van der Waals surface area contributed by atoms with Crippen LogP contribution in [0, 0.1) is 0 Å². The fraction of sp³-hybridized carbons (Fsp3) is 0.364. The quantitative estimate of drug-likeness (QED) is 0.687. The second-order valence-electron chi connectivity index (χ2n) is 7.66. The molecule has 0 aliphatic carbocycles. The second-order valence-corrected chi connectivity index (χ2v) is 7.66. The number of carbonyl (C=O) groups is 1. The molecule has 6 nitrogen and oxygen atoms in total. The first-order valence-electron chi connectivity index (χ1n) is 10.2. The lowest BCUT2D eigenvalue weighted by molar-refractivity contribution is -0.167. The molecule has 3 N–H and O–H groups in total. The Morgan fingerprint density at radius 3 is 2.52 bits per heavy atom. The monoisotopic (exact) mass is 432 g/mol. The SMILES string of the molecule is O=C(Nc1cc(C2=NNC(O)c3ccccc32)ccc1N1CCCCCC1)C(F)(F)F. The summed E-state index contributed by atoms with van der Waals surface area (Å²) in [5, 5.41) is 16.4. The lowest BCUT2D eigenvalue weighted by Crippen LogP contribution is -2.32. The summed E-state index contributed by atoms with van der Waals surface area (Å²) in [6.45, 7) is 1.43. The molecule has 2 aliphatic rings. The van der Waals surface area contributed by atoms with Crippen LogP contribution in [0.1, 0.15) is 48.6 Å². The van der Waals surface area contributed by atoms with E-state index in [1.165, 1.54) is 6.07 Å². The average Bonchev–Trinajstić information content (AvgIpc) is 3.03. The van der Waals surface area contributed by atoms with E-state index < -0.39 is 18.3 Å². The van der Waals surface area contributed by atoms with Crippen LogP contribution in [0.25, 0.3) is 0 Å². The van der Waals surface area contributed by atoms with Gasteiger partial charge in [-0.05, 0) is 25.0 Å². The highest BCUT2D eigenvalue weighted by atomic mass is 19.4. The standard InChI is InChI=1S/C22H23F3N4O2/c23-22(24,25)21(31)26-17-13-14(9-10-18(17)29-11-5-1-2-6-12-29)19-15-7-3-4-8-16(15)20(30)28-27-19/h3-4,7-10,13,20,28,30H,1-2,5-6,11-12H2,(H,26,31). The minimum atomic E-state index is -4.99. The fourth-order valence-electron chi connectivity index (χ4n) is 3.99. The number of hydrogen-bond acceptors (Lipinski definition) is 5. The van der Waals surface area contributed by atoms with Crippen molar-refractivity contribution in [1.29, 1.82) is 0 Å². The highest BCUT2D eigenvalue weighted by molar-refractivity contribution is 6.15. The molecule has 0 spiro atoms. The van der Waals surface area contributed by atoms with Crippen LogP contribution in [-0.2, 0) is 4.79 Å². The Morgan fingerprint density at radius 2 is 1.81 bits per heavy atom. The molecule has 164 valence electrons. The molecule has 1 atom stereocenters. The summed E-state index contributed by atoms with van der Waals surface area (Å²) in [5.74, 6) is -2.01. The number of anilines is 2. The summed E-state index contributed by atoms with van der Waals surface area (Å²) in [6, 6.07) is 12.1. The molecule has 9 heteroatoms. The molecular formula is C22H23F3N4O2. The molecule has 31 heavy (non-hydrogen) atoms. The number of aliphatic hydroxyl groups is 1. The predicted molar refractivity (Wildman–Crippen MR) is 112 cm³/mol. The first kappa shape index (κ1) is 21.2. The number of fused-ring (bicyclic) bond motifs is 1. The van der Waals surface area contributed by atoms with Gasteiger partial charge < -0.3 is 15.3 Å². The Bertz CT molecular complexity index is 998. The van der Waals surface area contributed by atoms with Crippen molar-refractivity contribution in [2.24, 2.45) is 5.10 Å². The van der Waals surface area contributed by atoms with Crippen molar-refractivity contribution in [1.82, 2.24) is 5.43 Å². The summed E-state index contributed by atoms with van der Waals surface area (Å²) < 4.78 is 38.9. The van der Waals surface area contributed by atoms with Crippen LogP contribution in [0.4, 0.5) is 24.5 Å². The zero-order chi connectivity index (χ0) is 22.0. The Balaban J connectivity index is 1.75. The van der Waals surface area contributed by atoms with Crippen LogP contribution in [0.5, 0.6) is 0 Å². The van der Waals surface area contributed by atoms with Gasteiger partial charge in [0.2, 0.25) is 0 Å². The van der Waals surface area contributed by atoms with E-state index in [4.69, 9.17) is 0 Å². The number of nitrogens with zero attached hydrogens (tertiary/aromatic N) is 2. The van der Waals surface area contributed by atoms with Crippen molar-refractivity contribution in [3.63, 3.8) is 0 Å². The van der Waals surface area contributed by atoms with E-state index in [0.717, 1.165) is 25.7 Å². The van der Waals surface area contributed by atoms with Gasteiger partial charge in [-0.15, -0.1) is 0 Å². The molecule has 2 aromatic carbocycles. The molecule has 1 fully saturated rings. The number of halogens is 3. The molecular weight excluding hydrogens is 409 g/mol. The first-order valence-corrected chi connectivity index (χ1v) is 10.2. The maximum absolute atomic E-state index is 13.0. The minimum Gasteiger partial charge on any atom is -0.370 e. The summed E-state index contributed by atoms with van der Waals surface area (Å²) in [5.41, 5.74) is 5.56. The summed E-state index contributed by atoms with van der Waals surface area (Å²) in [4.78, 5) is 13.8. The van der Waals surface area contributed by atoms with E-state index in [1.54, 1.807) is 36.4 Å². The predicted octanol–water partition coefficient (Wildman–Crippen LogP) is 3.91. The third-order valence-corrected chi connectivity index (χ3v) is 5.53. The zero-order valence-electron chi connectivity index (χ0n) is 16.7. The molecule has 0 aromatic heterocycles. The van der Waals surface area contributed by atoms with Crippen molar-refractivity contribution >= 4 is 23.0 Å². The average molecular weight is 432 g/mol. The summed E-state index contributed by atoms with van der Waals surface area (Å²) >= 11 is 0. The summed E-state index contributed by atoms with van der Waals surface area (Å²) in [6.07, 6.45) is -1.94. The molecule has 2 aromatic rings. The lowest BCUT2D eigenvalue weighted by atomic mass is 9.95. The van der Waals surface area contributed by atoms with Crippen LogP contribution >= 0.6 is 0 Å². The second kappa shape index (κ2) is 8.58. The van der Waals surface area contributed by atoms with Crippen molar-refractivity contribution in [2.75, 3.05) is 23.3 Å². The third kappa shape index (κ3) is 4.51. The number of alkyl halides is 3. The van der Waals surface area contributed by atoms with Gasteiger partial charge in [0.25, 0.3) is 0 Å². The van der Waals surface area contributed by atoms with Crippen molar-refractivity contribution in [3.8, 4) is 0 Å². The van der Waals surface area contributed by atoms with Gasteiger partial charge in [0.15, 0.2) is 6.23 Å². The number of hydrazone groups is 1. The largest absolute Gasteiger partial charge is 0.471 e. The van der Waals surface area contributed by atoms with Gasteiger partial charge in [-0.2, -0.15) is 18.3 Å². The molecule has 2 heterocycles. The Hall–Kier alpha value is -3.07. The summed E-state index contributed by atoms with van der Waals surface area (Å²) in [7, 11) is 0. The van der Waals surface area contributed by atoms with Crippen molar-refractivity contribution in [2.45, 2.75) is 38.1 Å². The van der Waals surface area contributed by atoms with Gasteiger partial charge >= 0.3 is 12.1 Å². The topological polar surface area (TPSA) is 77.0 Å². The highest BCUT2D eigenvalue weighted by Gasteiger charge is 2.39. The molecule has 2 aliphatic heterocycles. The number of amides is 1.